The second kappa shape index (κ2) is 6.07. The van der Waals surface area contributed by atoms with Crippen LogP contribution in [-0.4, -0.2) is 24.1 Å². The van der Waals surface area contributed by atoms with Gasteiger partial charge in [-0.3, -0.25) is 9.48 Å². The largest absolute Gasteiger partial charge is 0.322 e. The van der Waals surface area contributed by atoms with Gasteiger partial charge >= 0.3 is 0 Å². The van der Waals surface area contributed by atoms with Gasteiger partial charge in [0.15, 0.2) is 0 Å². The van der Waals surface area contributed by atoms with E-state index in [9.17, 15) is 13.2 Å². The van der Waals surface area contributed by atoms with E-state index in [-0.39, 0.29) is 16.8 Å². The molecule has 0 radical (unpaired) electrons. The molecule has 3 N–H and O–H groups in total. The number of carbonyl (C=O) groups is 1. The van der Waals surface area contributed by atoms with Crippen LogP contribution in [0.25, 0.3) is 0 Å². The maximum Gasteiger partial charge on any atom is 0.260 e. The molecule has 22 heavy (non-hydrogen) atoms. The molecule has 0 fully saturated rings. The first-order chi connectivity index (χ1) is 10.2. The third-order valence-electron chi connectivity index (χ3n) is 2.96. The Labute approximate surface area is 133 Å². The summed E-state index contributed by atoms with van der Waals surface area (Å²) in [5.74, 6) is -0.635. The van der Waals surface area contributed by atoms with Gasteiger partial charge in [-0.25, -0.2) is 13.6 Å². The van der Waals surface area contributed by atoms with Crippen molar-refractivity contribution in [2.45, 2.75) is 12.7 Å². The SMILES string of the molecule is Cc1nn(C)c(Cl)c1C(=O)Nc1ccc(CS(N)(=O)=O)cc1. The van der Waals surface area contributed by atoms with Crippen molar-refractivity contribution >= 4 is 33.2 Å². The third kappa shape index (κ3) is 3.85. The summed E-state index contributed by atoms with van der Waals surface area (Å²) in [6, 6.07) is 6.35. The van der Waals surface area contributed by atoms with Crippen molar-refractivity contribution in [3.05, 3.63) is 46.2 Å². The van der Waals surface area contributed by atoms with Crippen LogP contribution in [0.3, 0.4) is 0 Å². The van der Waals surface area contributed by atoms with Gasteiger partial charge in [0.2, 0.25) is 10.0 Å². The molecule has 1 heterocycles. The number of nitrogens with two attached hydrogens (primary N) is 1. The van der Waals surface area contributed by atoms with Gasteiger partial charge in [-0.05, 0) is 24.6 Å². The van der Waals surface area contributed by atoms with Crippen molar-refractivity contribution in [2.75, 3.05) is 5.32 Å². The van der Waals surface area contributed by atoms with Gasteiger partial charge in [0.25, 0.3) is 5.91 Å². The molecule has 118 valence electrons. The van der Waals surface area contributed by atoms with Gasteiger partial charge in [-0.1, -0.05) is 23.7 Å². The highest BCUT2D eigenvalue weighted by molar-refractivity contribution is 7.88. The standard InChI is InChI=1S/C13H15ClN4O3S/c1-8-11(12(14)18(2)17-8)13(19)16-10-5-3-9(4-6-10)7-22(15,20)21/h3-6H,7H2,1-2H3,(H,16,19)(H2,15,20,21). The predicted octanol–water partition coefficient (Wildman–Crippen LogP) is 1.42. The number of halogens is 1. The zero-order valence-electron chi connectivity index (χ0n) is 12.0. The monoisotopic (exact) mass is 342 g/mol. The minimum absolute atomic E-state index is 0.251. The van der Waals surface area contributed by atoms with Crippen LogP contribution in [0.5, 0.6) is 0 Å². The van der Waals surface area contributed by atoms with E-state index in [0.717, 1.165) is 0 Å². The molecule has 0 spiro atoms. The van der Waals surface area contributed by atoms with Crippen LogP contribution in [0.15, 0.2) is 24.3 Å². The molecular formula is C13H15ClN4O3S. The number of nitrogens with zero attached hydrogens (tertiary/aromatic N) is 2. The maximum atomic E-state index is 12.2. The molecule has 0 unspecified atom stereocenters. The van der Waals surface area contributed by atoms with Crippen LogP contribution >= 0.6 is 11.6 Å². The highest BCUT2D eigenvalue weighted by Crippen LogP contribution is 2.20. The van der Waals surface area contributed by atoms with Crippen molar-refractivity contribution in [3.63, 3.8) is 0 Å². The number of aromatic nitrogens is 2. The fraction of sp³-hybridized carbons (Fsp3) is 0.231. The highest BCUT2D eigenvalue weighted by Gasteiger charge is 2.19. The first kappa shape index (κ1) is 16.5. The van der Waals surface area contributed by atoms with Gasteiger partial charge < -0.3 is 5.32 Å². The number of hydrogen-bond acceptors (Lipinski definition) is 4. The molecule has 0 bridgehead atoms. The zero-order valence-corrected chi connectivity index (χ0v) is 13.6. The lowest BCUT2D eigenvalue weighted by Gasteiger charge is -2.06. The van der Waals surface area contributed by atoms with E-state index in [4.69, 9.17) is 16.7 Å². The average molecular weight is 343 g/mol. The van der Waals surface area contributed by atoms with E-state index in [1.54, 1.807) is 38.2 Å². The molecule has 0 atom stereocenters. The molecule has 0 aliphatic carbocycles. The van der Waals surface area contributed by atoms with E-state index < -0.39 is 10.0 Å². The van der Waals surface area contributed by atoms with Crippen molar-refractivity contribution < 1.29 is 13.2 Å². The van der Waals surface area contributed by atoms with E-state index in [1.807, 2.05) is 0 Å². The number of carbonyl (C=O) groups excluding carboxylic acids is 1. The Morgan fingerprint density at radius 2 is 1.95 bits per heavy atom. The van der Waals surface area contributed by atoms with Crippen molar-refractivity contribution in [1.29, 1.82) is 0 Å². The molecule has 1 aromatic heterocycles. The van der Waals surface area contributed by atoms with Crippen LogP contribution in [-0.2, 0) is 22.8 Å². The number of amides is 1. The summed E-state index contributed by atoms with van der Waals surface area (Å²) in [7, 11) is -1.93. The topological polar surface area (TPSA) is 107 Å². The fourth-order valence-electron chi connectivity index (χ4n) is 2.00. The minimum atomic E-state index is -3.58. The van der Waals surface area contributed by atoms with E-state index in [2.05, 4.69) is 10.4 Å². The Hall–Kier alpha value is -1.90. The highest BCUT2D eigenvalue weighted by atomic mass is 35.5. The molecule has 0 saturated carbocycles. The first-order valence-electron chi connectivity index (χ1n) is 6.27. The molecular weight excluding hydrogens is 328 g/mol. The number of aryl methyl sites for hydroxylation is 2. The Morgan fingerprint density at radius 3 is 2.41 bits per heavy atom. The number of benzene rings is 1. The number of nitrogens with one attached hydrogen (secondary N) is 1. The molecule has 2 rings (SSSR count). The maximum absolute atomic E-state index is 12.2. The molecule has 1 aromatic carbocycles. The number of hydrogen-bond donors (Lipinski definition) is 2. The number of sulfonamides is 1. The van der Waals surface area contributed by atoms with Crippen LogP contribution in [0, 0.1) is 6.92 Å². The Kier molecular flexibility index (Phi) is 4.55. The second-order valence-electron chi connectivity index (χ2n) is 4.83. The smallest absolute Gasteiger partial charge is 0.260 e. The Morgan fingerprint density at radius 1 is 1.36 bits per heavy atom. The lowest BCUT2D eigenvalue weighted by molar-refractivity contribution is 0.102. The number of primary sulfonamides is 1. The first-order valence-corrected chi connectivity index (χ1v) is 8.36. The Balaban J connectivity index is 2.15. The predicted molar refractivity (Wildman–Crippen MR) is 84.2 cm³/mol. The van der Waals surface area contributed by atoms with Gasteiger partial charge in [0.1, 0.15) is 5.15 Å². The second-order valence-corrected chi connectivity index (χ2v) is 6.81. The van der Waals surface area contributed by atoms with Crippen LogP contribution < -0.4 is 10.5 Å². The molecule has 0 aliphatic heterocycles. The fourth-order valence-corrected chi connectivity index (χ4v) is 2.92. The summed E-state index contributed by atoms with van der Waals surface area (Å²) in [4.78, 5) is 12.2. The zero-order chi connectivity index (χ0) is 16.5. The van der Waals surface area contributed by atoms with Gasteiger partial charge in [0, 0.05) is 12.7 Å². The molecule has 1 amide bonds. The van der Waals surface area contributed by atoms with E-state index >= 15 is 0 Å². The quantitative estimate of drug-likeness (QED) is 0.876. The summed E-state index contributed by atoms with van der Waals surface area (Å²) < 4.78 is 23.4. The molecule has 2 aromatic rings. The van der Waals surface area contributed by atoms with Gasteiger partial charge in [-0.15, -0.1) is 0 Å². The number of rotatable bonds is 4. The van der Waals surface area contributed by atoms with E-state index in [1.165, 1.54) is 4.68 Å². The molecule has 7 nitrogen and oxygen atoms in total. The van der Waals surface area contributed by atoms with Crippen LogP contribution in [0.2, 0.25) is 5.15 Å². The molecule has 0 saturated heterocycles. The normalized spacial score (nSPS) is 11.5. The third-order valence-corrected chi connectivity index (χ3v) is 4.13. The van der Waals surface area contributed by atoms with Crippen LogP contribution in [0.4, 0.5) is 5.69 Å². The lowest BCUT2D eigenvalue weighted by atomic mass is 10.2. The van der Waals surface area contributed by atoms with E-state index in [0.29, 0.717) is 22.5 Å². The lowest BCUT2D eigenvalue weighted by Crippen LogP contribution is -2.15. The average Bonchev–Trinajstić information content (AvgIpc) is 2.64. The van der Waals surface area contributed by atoms with Crippen molar-refractivity contribution in [3.8, 4) is 0 Å². The van der Waals surface area contributed by atoms with Gasteiger partial charge in [-0.2, -0.15) is 5.10 Å². The Bertz CT molecular complexity index is 813. The van der Waals surface area contributed by atoms with Crippen molar-refractivity contribution in [2.24, 2.45) is 12.2 Å². The molecule has 0 aliphatic rings. The number of anilines is 1. The summed E-state index contributed by atoms with van der Waals surface area (Å²) in [6.07, 6.45) is 0. The summed E-state index contributed by atoms with van der Waals surface area (Å²) in [5.41, 5.74) is 1.88. The van der Waals surface area contributed by atoms with Crippen LogP contribution in [0.1, 0.15) is 21.6 Å². The molecule has 9 heteroatoms. The summed E-state index contributed by atoms with van der Waals surface area (Å²) >= 11 is 6.03. The minimum Gasteiger partial charge on any atom is -0.322 e. The van der Waals surface area contributed by atoms with Crippen molar-refractivity contribution in [1.82, 2.24) is 9.78 Å². The summed E-state index contributed by atoms with van der Waals surface area (Å²) in [6.45, 7) is 1.69. The van der Waals surface area contributed by atoms with Gasteiger partial charge in [0.05, 0.1) is 17.0 Å². The summed E-state index contributed by atoms with van der Waals surface area (Å²) in [5, 5.41) is 12.0.